The highest BCUT2D eigenvalue weighted by Gasteiger charge is 2.27. The monoisotopic (exact) mass is 230 g/mol. The molecule has 6 nitrogen and oxygen atoms in total. The van der Waals surface area contributed by atoms with E-state index in [0.717, 1.165) is 5.56 Å². The van der Waals surface area contributed by atoms with Gasteiger partial charge in [0.2, 0.25) is 0 Å². The van der Waals surface area contributed by atoms with Crippen LogP contribution in [0.1, 0.15) is 22.4 Å². The first kappa shape index (κ1) is 10.0. The Balaban J connectivity index is 2.10. The first-order valence-electron chi connectivity index (χ1n) is 5.15. The summed E-state index contributed by atoms with van der Waals surface area (Å²) in [6, 6.07) is 9.41. The Bertz CT molecular complexity index is 564. The maximum atomic E-state index is 11.5. The number of amides is 1. The van der Waals surface area contributed by atoms with Gasteiger partial charge in [0.1, 0.15) is 5.82 Å². The van der Waals surface area contributed by atoms with Crippen molar-refractivity contribution in [1.82, 2.24) is 20.8 Å². The van der Waals surface area contributed by atoms with Gasteiger partial charge in [0.25, 0.3) is 5.91 Å². The molecule has 0 saturated carbocycles. The molecule has 0 saturated heterocycles. The van der Waals surface area contributed by atoms with Crippen molar-refractivity contribution in [2.45, 2.75) is 6.23 Å². The predicted octanol–water partition coefficient (Wildman–Crippen LogP) is 0.316. The lowest BCUT2D eigenvalue weighted by atomic mass is 10.2. The van der Waals surface area contributed by atoms with Gasteiger partial charge in [-0.2, -0.15) is 0 Å². The van der Waals surface area contributed by atoms with Crippen molar-refractivity contribution in [3.8, 4) is 11.4 Å². The lowest BCUT2D eigenvalue weighted by Crippen LogP contribution is -2.45. The highest BCUT2D eigenvalue weighted by atomic mass is 16.3. The van der Waals surface area contributed by atoms with Crippen molar-refractivity contribution in [2.75, 3.05) is 0 Å². The molecule has 1 aliphatic heterocycles. The predicted molar refractivity (Wildman–Crippen MR) is 59.6 cm³/mol. The lowest BCUT2D eigenvalue weighted by Gasteiger charge is -2.17. The van der Waals surface area contributed by atoms with E-state index in [2.05, 4.69) is 20.8 Å². The number of hydrogen-bond acceptors (Lipinski definition) is 4. The summed E-state index contributed by atoms with van der Waals surface area (Å²) in [6.45, 7) is 0. The fraction of sp³-hybridized carbons (Fsp3) is 0.0909. The third-order valence-corrected chi connectivity index (χ3v) is 2.59. The van der Waals surface area contributed by atoms with Crippen LogP contribution in [0.2, 0.25) is 0 Å². The molecular weight excluding hydrogens is 220 g/mol. The average molecular weight is 230 g/mol. The van der Waals surface area contributed by atoms with Gasteiger partial charge in [-0.3, -0.25) is 10.2 Å². The second kappa shape index (κ2) is 3.69. The summed E-state index contributed by atoms with van der Waals surface area (Å²) in [7, 11) is 0. The number of hydrogen-bond donors (Lipinski definition) is 4. The van der Waals surface area contributed by atoms with Crippen LogP contribution in [-0.4, -0.2) is 21.0 Å². The van der Waals surface area contributed by atoms with E-state index in [1.807, 2.05) is 30.3 Å². The molecule has 1 unspecified atom stereocenters. The molecule has 0 fully saturated rings. The minimum absolute atomic E-state index is 0.218. The number of carbonyl (C=O) groups is 1. The summed E-state index contributed by atoms with van der Waals surface area (Å²) < 4.78 is 0. The molecule has 1 amide bonds. The molecule has 0 spiro atoms. The zero-order valence-electron chi connectivity index (χ0n) is 8.77. The molecular formula is C11H10N4O2. The number of imidazole rings is 1. The van der Waals surface area contributed by atoms with E-state index in [9.17, 15) is 9.90 Å². The van der Waals surface area contributed by atoms with Crippen molar-refractivity contribution >= 4 is 5.91 Å². The van der Waals surface area contributed by atoms with Gasteiger partial charge in [-0.25, -0.2) is 10.4 Å². The summed E-state index contributed by atoms with van der Waals surface area (Å²) >= 11 is 0. The number of rotatable bonds is 1. The van der Waals surface area contributed by atoms with E-state index in [4.69, 9.17) is 0 Å². The van der Waals surface area contributed by atoms with E-state index in [1.165, 1.54) is 0 Å². The second-order valence-corrected chi connectivity index (χ2v) is 3.71. The van der Waals surface area contributed by atoms with E-state index in [-0.39, 0.29) is 11.6 Å². The number of aliphatic hydroxyl groups excluding tert-OH is 1. The summed E-state index contributed by atoms with van der Waals surface area (Å²) in [6.07, 6.45) is -0.965. The Kier molecular flexibility index (Phi) is 2.17. The normalized spacial score (nSPS) is 18.6. The fourth-order valence-corrected chi connectivity index (χ4v) is 1.76. The molecule has 3 rings (SSSR count). The van der Waals surface area contributed by atoms with E-state index >= 15 is 0 Å². The minimum Gasteiger partial charge on any atom is -0.371 e. The quantitative estimate of drug-likeness (QED) is 0.567. The minimum atomic E-state index is -0.965. The van der Waals surface area contributed by atoms with Crippen molar-refractivity contribution in [1.29, 1.82) is 0 Å². The maximum Gasteiger partial charge on any atom is 0.286 e. The zero-order chi connectivity index (χ0) is 11.8. The molecule has 2 heterocycles. The van der Waals surface area contributed by atoms with E-state index < -0.39 is 6.23 Å². The molecule has 6 heteroatoms. The largest absolute Gasteiger partial charge is 0.371 e. The Hall–Kier alpha value is -2.18. The number of benzene rings is 1. The Morgan fingerprint density at radius 3 is 2.71 bits per heavy atom. The third-order valence-electron chi connectivity index (χ3n) is 2.59. The smallest absolute Gasteiger partial charge is 0.286 e. The van der Waals surface area contributed by atoms with Gasteiger partial charge < -0.3 is 10.1 Å². The van der Waals surface area contributed by atoms with Crippen LogP contribution in [0.15, 0.2) is 30.3 Å². The molecule has 1 atom stereocenters. The molecule has 1 aromatic heterocycles. The maximum absolute atomic E-state index is 11.5. The van der Waals surface area contributed by atoms with E-state index in [1.54, 1.807) is 0 Å². The van der Waals surface area contributed by atoms with Gasteiger partial charge in [-0.05, 0) is 0 Å². The molecule has 17 heavy (non-hydrogen) atoms. The number of fused-ring (bicyclic) bond motifs is 1. The first-order valence-corrected chi connectivity index (χ1v) is 5.15. The number of nitrogens with one attached hydrogen (secondary N) is 3. The SMILES string of the molecule is O=C1NNC(O)c2[nH]c(-c3ccccc3)nc21. The molecule has 4 N–H and O–H groups in total. The lowest BCUT2D eigenvalue weighted by molar-refractivity contribution is 0.0712. The zero-order valence-corrected chi connectivity index (χ0v) is 8.77. The number of aromatic nitrogens is 2. The van der Waals surface area contributed by atoms with Crippen LogP contribution in [0.3, 0.4) is 0 Å². The van der Waals surface area contributed by atoms with Crippen LogP contribution in [0.4, 0.5) is 0 Å². The molecule has 86 valence electrons. The number of carbonyl (C=O) groups excluding carboxylic acids is 1. The molecule has 1 aliphatic rings. The highest BCUT2D eigenvalue weighted by molar-refractivity contribution is 5.94. The van der Waals surface area contributed by atoms with Crippen LogP contribution in [0, 0.1) is 0 Å². The van der Waals surface area contributed by atoms with Crippen molar-refractivity contribution in [3.05, 3.63) is 41.7 Å². The highest BCUT2D eigenvalue weighted by Crippen LogP contribution is 2.22. The fourth-order valence-electron chi connectivity index (χ4n) is 1.76. The van der Waals surface area contributed by atoms with Gasteiger partial charge in [0, 0.05) is 5.56 Å². The molecule has 0 aliphatic carbocycles. The van der Waals surface area contributed by atoms with Gasteiger partial charge in [0.15, 0.2) is 11.9 Å². The summed E-state index contributed by atoms with van der Waals surface area (Å²) in [5, 5.41) is 9.64. The average Bonchev–Trinajstić information content (AvgIpc) is 2.81. The van der Waals surface area contributed by atoms with Crippen LogP contribution < -0.4 is 10.9 Å². The van der Waals surface area contributed by atoms with Gasteiger partial charge >= 0.3 is 0 Å². The van der Waals surface area contributed by atoms with Crippen LogP contribution in [0.5, 0.6) is 0 Å². The molecule has 0 bridgehead atoms. The van der Waals surface area contributed by atoms with Crippen LogP contribution >= 0.6 is 0 Å². The summed E-state index contributed by atoms with van der Waals surface area (Å²) in [5.74, 6) is 0.206. The number of aliphatic hydroxyl groups is 1. The van der Waals surface area contributed by atoms with Crippen molar-refractivity contribution < 1.29 is 9.90 Å². The Labute approximate surface area is 96.7 Å². The second-order valence-electron chi connectivity index (χ2n) is 3.71. The topological polar surface area (TPSA) is 90.0 Å². The number of H-pyrrole nitrogens is 1. The van der Waals surface area contributed by atoms with Gasteiger partial charge in [-0.1, -0.05) is 30.3 Å². The summed E-state index contributed by atoms with van der Waals surface area (Å²) in [5.41, 5.74) is 6.23. The number of hydrazine groups is 1. The third kappa shape index (κ3) is 1.59. The standard InChI is InChI=1S/C11H10N4O2/c16-10-7-8(11(17)15-14-10)13-9(12-7)6-4-2-1-3-5-6/h1-5,10,14,16H,(H,12,13)(H,15,17). The summed E-state index contributed by atoms with van der Waals surface area (Å²) in [4.78, 5) is 18.6. The van der Waals surface area contributed by atoms with Crippen molar-refractivity contribution in [3.63, 3.8) is 0 Å². The van der Waals surface area contributed by atoms with Gasteiger partial charge in [0.05, 0.1) is 5.69 Å². The Morgan fingerprint density at radius 2 is 2.00 bits per heavy atom. The molecule has 0 radical (unpaired) electrons. The first-order chi connectivity index (χ1) is 8.25. The number of aromatic amines is 1. The van der Waals surface area contributed by atoms with Crippen LogP contribution in [-0.2, 0) is 0 Å². The van der Waals surface area contributed by atoms with E-state index in [0.29, 0.717) is 11.5 Å². The number of nitrogens with zero attached hydrogens (tertiary/aromatic N) is 1. The Morgan fingerprint density at radius 1 is 1.24 bits per heavy atom. The van der Waals surface area contributed by atoms with Gasteiger partial charge in [-0.15, -0.1) is 0 Å². The van der Waals surface area contributed by atoms with Crippen LogP contribution in [0.25, 0.3) is 11.4 Å². The molecule has 2 aromatic rings. The molecule has 1 aromatic carbocycles. The van der Waals surface area contributed by atoms with Crippen molar-refractivity contribution in [2.24, 2.45) is 0 Å².